The van der Waals surface area contributed by atoms with Gasteiger partial charge in [0.2, 0.25) is 5.78 Å². The molecular formula is C37H16BF20NO3S. The Hall–Kier alpha value is -5.81. The number of halogens is 20. The maximum atomic E-state index is 15.4. The summed E-state index contributed by atoms with van der Waals surface area (Å²) in [6.45, 7) is 0.0630. The lowest BCUT2D eigenvalue weighted by Crippen LogP contribution is -2.81. The zero-order valence-electron chi connectivity index (χ0n) is 30.1. The number of hydrogen-bond acceptors (Lipinski definition) is 4. The minimum atomic E-state index is -7.22. The molecule has 5 aromatic carbocycles. The van der Waals surface area contributed by atoms with Gasteiger partial charge in [-0.25, -0.2) is 87.8 Å². The number of nitrogens with zero attached hydrogens (tertiary/aromatic N) is 1. The van der Waals surface area contributed by atoms with Gasteiger partial charge in [-0.1, -0.05) is 0 Å². The normalized spacial score (nSPS) is 11.5. The molecule has 0 fully saturated rings. The molecule has 0 aliphatic rings. The average Bonchev–Trinajstić information content (AvgIpc) is 3.26. The van der Waals surface area contributed by atoms with Gasteiger partial charge in [0.15, 0.2) is 75.6 Å². The van der Waals surface area contributed by atoms with Gasteiger partial charge in [0.1, 0.15) is 64.2 Å². The van der Waals surface area contributed by atoms with Gasteiger partial charge in [-0.2, -0.15) is 5.26 Å². The highest BCUT2D eigenvalue weighted by atomic mass is 32.2. The third kappa shape index (κ3) is 8.40. The van der Waals surface area contributed by atoms with Crippen molar-refractivity contribution >= 4 is 44.7 Å². The number of carbonyl (C=O) groups excluding carboxylic acids is 1. The van der Waals surface area contributed by atoms with Crippen molar-refractivity contribution < 1.29 is 103 Å². The smallest absolute Gasteiger partial charge is 0.211 e. The van der Waals surface area contributed by atoms with Crippen molar-refractivity contribution in [1.29, 1.82) is 5.26 Å². The van der Waals surface area contributed by atoms with Crippen molar-refractivity contribution in [2.45, 2.75) is 0 Å². The van der Waals surface area contributed by atoms with Crippen molar-refractivity contribution in [3.05, 3.63) is 152 Å². The first-order valence-corrected chi connectivity index (χ1v) is 18.3. The van der Waals surface area contributed by atoms with Crippen LogP contribution < -0.4 is 21.9 Å². The standard InChI is InChI=1S/C24BF20.C13H16NO3S/c26-5-1(6(27)14(35)21(42)13(5)34)25(2-7(28)15(36)22(43)16(37)8(2)29,3-9(30)17(38)23(44)18(39)10(3)31)4-11(32)19(40)24(45)20(41)12(4)33;14-9-11-1-3-12(4-2-11)13(17)10-18(7-5-15)8-6-16/h;1-4,15-16H,5-8,10H2/q-1;+1. The summed E-state index contributed by atoms with van der Waals surface area (Å²) in [5.74, 6) is -70.0. The molecular weight excluding hydrogens is 929 g/mol. The molecule has 63 heavy (non-hydrogen) atoms. The van der Waals surface area contributed by atoms with Crippen molar-refractivity contribution in [1.82, 2.24) is 0 Å². The summed E-state index contributed by atoms with van der Waals surface area (Å²) in [5, 5.41) is 26.4. The molecule has 5 rings (SSSR count). The highest BCUT2D eigenvalue weighted by molar-refractivity contribution is 7.97. The van der Waals surface area contributed by atoms with E-state index in [9.17, 15) is 57.5 Å². The van der Waals surface area contributed by atoms with Crippen LogP contribution in [0.1, 0.15) is 15.9 Å². The first kappa shape index (κ1) is 49.8. The number of ketones is 1. The molecule has 0 radical (unpaired) electrons. The van der Waals surface area contributed by atoms with Crippen LogP contribution in [0.3, 0.4) is 0 Å². The molecule has 4 nitrogen and oxygen atoms in total. The summed E-state index contributed by atoms with van der Waals surface area (Å²) < 4.78 is 294. The van der Waals surface area contributed by atoms with E-state index in [-0.39, 0.29) is 29.9 Å². The molecule has 0 heterocycles. The highest BCUT2D eigenvalue weighted by Gasteiger charge is 2.52. The summed E-state index contributed by atoms with van der Waals surface area (Å²) in [6, 6.07) is 8.51. The van der Waals surface area contributed by atoms with E-state index in [1.165, 1.54) is 0 Å². The Morgan fingerprint density at radius 2 is 0.651 bits per heavy atom. The fourth-order valence-corrected chi connectivity index (χ4v) is 7.92. The molecule has 0 aliphatic heterocycles. The Balaban J connectivity index is 0.000000405. The van der Waals surface area contributed by atoms with E-state index in [4.69, 9.17) is 15.5 Å². The third-order valence-corrected chi connectivity index (χ3v) is 11.3. The Morgan fingerprint density at radius 3 is 0.857 bits per heavy atom. The minimum Gasteiger partial charge on any atom is -0.391 e. The maximum absolute atomic E-state index is 15.4. The summed E-state index contributed by atoms with van der Waals surface area (Å²) in [7, 11) is -0.277. The number of benzene rings is 5. The molecule has 0 aliphatic carbocycles. The third-order valence-electron chi connectivity index (χ3n) is 9.14. The van der Waals surface area contributed by atoms with Gasteiger partial charge in [0.05, 0.1) is 24.8 Å². The molecule has 0 bridgehead atoms. The molecule has 0 unspecified atom stereocenters. The van der Waals surface area contributed by atoms with Gasteiger partial charge < -0.3 is 10.2 Å². The Morgan fingerprint density at radius 1 is 0.429 bits per heavy atom. The van der Waals surface area contributed by atoms with Crippen molar-refractivity contribution in [3.63, 3.8) is 0 Å². The number of nitriles is 1. The molecule has 0 aromatic heterocycles. The predicted molar refractivity (Wildman–Crippen MR) is 181 cm³/mol. The van der Waals surface area contributed by atoms with E-state index in [1.54, 1.807) is 24.3 Å². The zero-order chi connectivity index (χ0) is 47.7. The largest absolute Gasteiger partial charge is 0.391 e. The summed E-state index contributed by atoms with van der Waals surface area (Å²) >= 11 is 0. The van der Waals surface area contributed by atoms with Crippen LogP contribution in [0.5, 0.6) is 0 Å². The zero-order valence-corrected chi connectivity index (χ0v) is 31.0. The van der Waals surface area contributed by atoms with Gasteiger partial charge in [-0.15, -0.1) is 21.9 Å². The summed E-state index contributed by atoms with van der Waals surface area (Å²) in [6.07, 6.45) is -7.22. The number of carbonyl (C=O) groups is 1. The number of Topliss-reactive ketones (excluding diaryl/α,β-unsaturated/α-hetero) is 1. The Kier molecular flexibility index (Phi) is 15.3. The van der Waals surface area contributed by atoms with Crippen molar-refractivity contribution in [2.75, 3.05) is 30.5 Å². The number of hydrogen-bond donors (Lipinski definition) is 2. The van der Waals surface area contributed by atoms with Crippen LogP contribution >= 0.6 is 0 Å². The van der Waals surface area contributed by atoms with Gasteiger partial charge in [-0.3, -0.25) is 4.79 Å². The van der Waals surface area contributed by atoms with E-state index in [1.807, 2.05) is 6.07 Å². The molecule has 336 valence electrons. The summed E-state index contributed by atoms with van der Waals surface area (Å²) in [5.41, 5.74) is -13.2. The molecule has 0 spiro atoms. The SMILES string of the molecule is Fc1c(F)c(F)c([B-](c2c(F)c(F)c(F)c(F)c2F)(c2c(F)c(F)c(F)c(F)c2F)c2c(F)c(F)c(F)c(F)c2F)c(F)c1F.N#Cc1ccc(C(=O)C[S+](CCO)CCO)cc1. The Labute approximate surface area is 340 Å². The van der Waals surface area contributed by atoms with Gasteiger partial charge in [-0.05, 0) is 24.3 Å². The second-order valence-corrected chi connectivity index (χ2v) is 14.9. The fraction of sp³-hybridized carbons (Fsp3) is 0.135. The second-order valence-electron chi connectivity index (χ2n) is 12.5. The van der Waals surface area contributed by atoms with E-state index < -0.39 is 144 Å². The van der Waals surface area contributed by atoms with Crippen molar-refractivity contribution in [2.24, 2.45) is 0 Å². The molecule has 26 heteroatoms. The summed E-state index contributed by atoms with van der Waals surface area (Å²) in [4.78, 5) is 12.0. The molecule has 0 atom stereocenters. The van der Waals surface area contributed by atoms with Crippen LogP contribution in [0.25, 0.3) is 0 Å². The van der Waals surface area contributed by atoms with Crippen LogP contribution in [0.15, 0.2) is 24.3 Å². The Bertz CT molecular complexity index is 2290. The van der Waals surface area contributed by atoms with Gasteiger partial charge in [0.25, 0.3) is 0 Å². The van der Waals surface area contributed by atoms with Crippen molar-refractivity contribution in [3.8, 4) is 6.07 Å². The lowest BCUT2D eigenvalue weighted by Gasteiger charge is -2.44. The molecule has 0 amide bonds. The van der Waals surface area contributed by atoms with E-state index in [0.717, 1.165) is 0 Å². The number of aliphatic hydroxyl groups excluding tert-OH is 2. The highest BCUT2D eigenvalue weighted by Crippen LogP contribution is 2.30. The lowest BCUT2D eigenvalue weighted by atomic mass is 9.12. The predicted octanol–water partition coefficient (Wildman–Crippen LogP) is 6.19. The number of rotatable bonds is 11. The maximum Gasteiger partial charge on any atom is 0.211 e. The monoisotopic (exact) mass is 945 g/mol. The number of aliphatic hydroxyl groups is 2. The molecule has 0 saturated heterocycles. The van der Waals surface area contributed by atoms with Gasteiger partial charge >= 0.3 is 0 Å². The molecule has 0 saturated carbocycles. The van der Waals surface area contributed by atoms with Crippen LogP contribution in [-0.2, 0) is 10.9 Å². The van der Waals surface area contributed by atoms with E-state index in [0.29, 0.717) is 28.4 Å². The first-order valence-electron chi connectivity index (χ1n) is 16.5. The van der Waals surface area contributed by atoms with E-state index in [2.05, 4.69) is 0 Å². The van der Waals surface area contributed by atoms with Crippen LogP contribution in [0.4, 0.5) is 87.8 Å². The molecule has 5 aromatic rings. The lowest BCUT2D eigenvalue weighted by molar-refractivity contribution is 0.102. The molecule has 2 N–H and O–H groups in total. The van der Waals surface area contributed by atoms with E-state index >= 15 is 35.1 Å². The fourth-order valence-electron chi connectivity index (χ4n) is 6.38. The second kappa shape index (κ2) is 19.3. The first-order chi connectivity index (χ1) is 29.4. The average molecular weight is 945 g/mol. The topological polar surface area (TPSA) is 81.3 Å². The van der Waals surface area contributed by atoms with Gasteiger partial charge in [0, 0.05) is 16.5 Å². The van der Waals surface area contributed by atoms with Crippen LogP contribution in [0, 0.1) is 128 Å². The quantitative estimate of drug-likeness (QED) is 0.0414. The minimum absolute atomic E-state index is 0.00952. The van der Waals surface area contributed by atoms with Crippen LogP contribution in [-0.4, -0.2) is 52.6 Å². The van der Waals surface area contributed by atoms with Crippen LogP contribution in [0.2, 0.25) is 0 Å².